The summed E-state index contributed by atoms with van der Waals surface area (Å²) in [5.74, 6) is -1.97. The molecule has 2 aromatic carbocycles. The molecule has 0 fully saturated rings. The summed E-state index contributed by atoms with van der Waals surface area (Å²) < 4.78 is 45.2. The summed E-state index contributed by atoms with van der Waals surface area (Å²) in [4.78, 5) is 23.1. The monoisotopic (exact) mass is 473 g/mol. The summed E-state index contributed by atoms with van der Waals surface area (Å²) in [6, 6.07) is 6.80. The molecule has 33 heavy (non-hydrogen) atoms. The number of nitriles is 1. The number of benzene rings is 2. The first-order valence-corrected chi connectivity index (χ1v) is 9.65. The summed E-state index contributed by atoms with van der Waals surface area (Å²) >= 11 is 6.38. The minimum Gasteiger partial charge on any atom is -0.496 e. The van der Waals surface area contributed by atoms with E-state index in [1.54, 1.807) is 6.07 Å². The maximum atomic E-state index is 14.3. The summed E-state index contributed by atoms with van der Waals surface area (Å²) in [5.41, 5.74) is -0.197. The van der Waals surface area contributed by atoms with Crippen molar-refractivity contribution in [1.82, 2.24) is 19.5 Å². The molecule has 2 aromatic heterocycles. The van der Waals surface area contributed by atoms with Crippen molar-refractivity contribution in [2.75, 3.05) is 14.2 Å². The molecule has 0 saturated carbocycles. The molecule has 0 saturated heterocycles. The van der Waals surface area contributed by atoms with Crippen LogP contribution in [0.25, 0.3) is 16.9 Å². The molecule has 4 aromatic rings. The first-order chi connectivity index (χ1) is 15.9. The molecule has 0 atom stereocenters. The molecule has 0 aliphatic rings. The molecule has 0 unspecified atom stereocenters. The molecular weight excluding hydrogens is 460 g/mol. The first-order valence-electron chi connectivity index (χ1n) is 9.27. The molecule has 0 spiro atoms. The van der Waals surface area contributed by atoms with Gasteiger partial charge in [-0.3, -0.25) is 0 Å². The van der Waals surface area contributed by atoms with Crippen LogP contribution in [0.2, 0.25) is 5.02 Å². The number of ether oxygens (including phenoxy) is 3. The van der Waals surface area contributed by atoms with Crippen LogP contribution in [-0.4, -0.2) is 33.7 Å². The molecule has 168 valence electrons. The zero-order valence-electron chi connectivity index (χ0n) is 17.1. The summed E-state index contributed by atoms with van der Waals surface area (Å²) in [6.07, 6.45) is 1.30. The van der Waals surface area contributed by atoms with Crippen molar-refractivity contribution in [3.8, 4) is 29.0 Å². The number of nitrogens with one attached hydrogen (secondary N) is 1. The summed E-state index contributed by atoms with van der Waals surface area (Å²) in [5, 5.41) is 9.20. The highest BCUT2D eigenvalue weighted by atomic mass is 35.5. The molecule has 0 radical (unpaired) electrons. The number of fused-ring (bicyclic) bond motifs is 1. The Balaban J connectivity index is 1.82. The number of nitrogens with zero attached hydrogens (tertiary/aromatic N) is 4. The Labute approximate surface area is 189 Å². The van der Waals surface area contributed by atoms with Crippen LogP contribution in [0.1, 0.15) is 11.4 Å². The quantitative estimate of drug-likeness (QED) is 0.455. The molecule has 0 bridgehead atoms. The van der Waals surface area contributed by atoms with E-state index in [2.05, 4.69) is 15.0 Å². The highest BCUT2D eigenvalue weighted by molar-refractivity contribution is 6.32. The molecule has 12 heteroatoms. The van der Waals surface area contributed by atoms with Gasteiger partial charge in [-0.15, -0.1) is 0 Å². The van der Waals surface area contributed by atoms with Gasteiger partial charge in [0, 0.05) is 12.1 Å². The summed E-state index contributed by atoms with van der Waals surface area (Å²) in [6.45, 7) is -0.409. The standard InChI is InChI=1S/C21H14ClF2N5O4/c1-31-15-4-3-12(23)19(24)10(15)9-33-17-6-14(11(22)5-16(17)32-2)29-20-13(27-21(29)30)8-26-18(7-25)28-20/h3-6,8H,9H2,1-2H3,(H,27,30). The van der Waals surface area contributed by atoms with Crippen molar-refractivity contribution in [3.05, 3.63) is 69.0 Å². The number of hydrogen-bond acceptors (Lipinski definition) is 7. The van der Waals surface area contributed by atoms with Gasteiger partial charge in [0.2, 0.25) is 5.82 Å². The van der Waals surface area contributed by atoms with Crippen molar-refractivity contribution in [2.24, 2.45) is 0 Å². The molecule has 0 amide bonds. The first kappa shape index (κ1) is 22.0. The third-order valence-corrected chi connectivity index (χ3v) is 5.05. The lowest BCUT2D eigenvalue weighted by atomic mass is 10.2. The molecule has 0 aliphatic heterocycles. The van der Waals surface area contributed by atoms with Crippen LogP contribution in [0, 0.1) is 23.0 Å². The Morgan fingerprint density at radius 2 is 1.94 bits per heavy atom. The van der Waals surface area contributed by atoms with Crippen molar-refractivity contribution < 1.29 is 23.0 Å². The van der Waals surface area contributed by atoms with Gasteiger partial charge in [0.05, 0.1) is 36.7 Å². The minimum atomic E-state index is -1.11. The van der Waals surface area contributed by atoms with E-state index in [0.29, 0.717) is 0 Å². The number of hydrogen-bond donors (Lipinski definition) is 1. The second-order valence-electron chi connectivity index (χ2n) is 6.59. The number of H-pyrrole nitrogens is 1. The lowest BCUT2D eigenvalue weighted by Crippen LogP contribution is -2.16. The van der Waals surface area contributed by atoms with E-state index in [0.717, 1.165) is 10.6 Å². The van der Waals surface area contributed by atoms with Gasteiger partial charge < -0.3 is 19.2 Å². The van der Waals surface area contributed by atoms with Gasteiger partial charge in [-0.05, 0) is 12.1 Å². The fraction of sp³-hybridized carbons (Fsp3) is 0.143. The van der Waals surface area contributed by atoms with E-state index in [4.69, 9.17) is 31.1 Å². The Morgan fingerprint density at radius 1 is 1.18 bits per heavy atom. The molecule has 2 heterocycles. The number of aromatic amines is 1. The summed E-state index contributed by atoms with van der Waals surface area (Å²) in [7, 11) is 2.68. The fourth-order valence-corrected chi connectivity index (χ4v) is 3.43. The zero-order valence-corrected chi connectivity index (χ0v) is 17.9. The SMILES string of the molecule is COc1cc(Cl)c(-n2c(=O)[nH]c3cnc(C#N)nc32)cc1OCc1c(OC)ccc(F)c1F. The maximum Gasteiger partial charge on any atom is 0.332 e. The molecular formula is C21H14ClF2N5O4. The Hall–Kier alpha value is -4.17. The second kappa shape index (κ2) is 8.76. The Bertz CT molecular complexity index is 1480. The van der Waals surface area contributed by atoms with Gasteiger partial charge in [-0.1, -0.05) is 11.6 Å². The van der Waals surface area contributed by atoms with E-state index in [-0.39, 0.29) is 50.5 Å². The largest absolute Gasteiger partial charge is 0.496 e. The molecule has 0 aliphatic carbocycles. The van der Waals surface area contributed by atoms with E-state index in [1.807, 2.05) is 0 Å². The van der Waals surface area contributed by atoms with Gasteiger partial charge in [0.15, 0.2) is 28.8 Å². The van der Waals surface area contributed by atoms with Crippen LogP contribution < -0.4 is 19.9 Å². The van der Waals surface area contributed by atoms with Crippen LogP contribution in [0.15, 0.2) is 35.3 Å². The number of aromatic nitrogens is 4. The highest BCUT2D eigenvalue weighted by Crippen LogP contribution is 2.37. The normalized spacial score (nSPS) is 10.8. The topological polar surface area (TPSA) is 115 Å². The average molecular weight is 474 g/mol. The van der Waals surface area contributed by atoms with Crippen LogP contribution in [-0.2, 0) is 6.61 Å². The number of halogens is 3. The third-order valence-electron chi connectivity index (χ3n) is 4.74. The van der Waals surface area contributed by atoms with Gasteiger partial charge in [-0.25, -0.2) is 23.1 Å². The van der Waals surface area contributed by atoms with E-state index in [1.165, 1.54) is 38.6 Å². The Morgan fingerprint density at radius 3 is 2.64 bits per heavy atom. The van der Waals surface area contributed by atoms with Gasteiger partial charge >= 0.3 is 5.69 Å². The van der Waals surface area contributed by atoms with Crippen molar-refractivity contribution in [3.63, 3.8) is 0 Å². The van der Waals surface area contributed by atoms with Crippen LogP contribution in [0.3, 0.4) is 0 Å². The van der Waals surface area contributed by atoms with E-state index < -0.39 is 23.9 Å². The van der Waals surface area contributed by atoms with Crippen LogP contribution >= 0.6 is 11.6 Å². The number of rotatable bonds is 6. The molecule has 9 nitrogen and oxygen atoms in total. The molecule has 4 rings (SSSR count). The predicted molar refractivity (Wildman–Crippen MR) is 113 cm³/mol. The fourth-order valence-electron chi connectivity index (χ4n) is 3.19. The van der Waals surface area contributed by atoms with Crippen molar-refractivity contribution >= 4 is 22.8 Å². The second-order valence-corrected chi connectivity index (χ2v) is 7.00. The third kappa shape index (κ3) is 3.92. The van der Waals surface area contributed by atoms with Crippen LogP contribution in [0.4, 0.5) is 8.78 Å². The van der Waals surface area contributed by atoms with Gasteiger partial charge in [0.25, 0.3) is 0 Å². The highest BCUT2D eigenvalue weighted by Gasteiger charge is 2.20. The lowest BCUT2D eigenvalue weighted by Gasteiger charge is -2.16. The van der Waals surface area contributed by atoms with Crippen molar-refractivity contribution in [2.45, 2.75) is 6.61 Å². The van der Waals surface area contributed by atoms with Crippen LogP contribution in [0.5, 0.6) is 17.2 Å². The average Bonchev–Trinajstić information content (AvgIpc) is 3.14. The zero-order chi connectivity index (χ0) is 23.7. The van der Waals surface area contributed by atoms with E-state index >= 15 is 0 Å². The number of imidazole rings is 1. The Kier molecular flexibility index (Phi) is 5.85. The minimum absolute atomic E-state index is 0.0819. The van der Waals surface area contributed by atoms with Gasteiger partial charge in [-0.2, -0.15) is 10.2 Å². The van der Waals surface area contributed by atoms with Crippen molar-refractivity contribution in [1.29, 1.82) is 5.26 Å². The van der Waals surface area contributed by atoms with E-state index in [9.17, 15) is 13.6 Å². The molecule has 1 N–H and O–H groups in total. The maximum absolute atomic E-state index is 14.3. The predicted octanol–water partition coefficient (Wildman–Crippen LogP) is 3.51. The lowest BCUT2D eigenvalue weighted by molar-refractivity contribution is 0.270. The smallest absolute Gasteiger partial charge is 0.332 e. The van der Waals surface area contributed by atoms with Gasteiger partial charge in [0.1, 0.15) is 23.9 Å². The number of methoxy groups -OCH3 is 2.